The number of carbonyl (C=O) groups is 1. The third-order valence-corrected chi connectivity index (χ3v) is 6.89. The van der Waals surface area contributed by atoms with Crippen LogP contribution in [-0.4, -0.2) is 57.9 Å². The van der Waals surface area contributed by atoms with Crippen molar-refractivity contribution in [1.29, 1.82) is 0 Å². The van der Waals surface area contributed by atoms with E-state index in [1.54, 1.807) is 0 Å². The van der Waals surface area contributed by atoms with E-state index in [4.69, 9.17) is 0 Å². The van der Waals surface area contributed by atoms with E-state index in [-0.39, 0.29) is 31.2 Å². The van der Waals surface area contributed by atoms with Gasteiger partial charge >= 0.3 is 12.2 Å². The molecule has 3 aliphatic heterocycles. The fourth-order valence-corrected chi connectivity index (χ4v) is 5.11. The number of rotatable bonds is 1. The van der Waals surface area contributed by atoms with Crippen LogP contribution in [0.5, 0.6) is 0 Å². The Morgan fingerprint density at radius 3 is 2.11 bits per heavy atom. The molecule has 2 amide bonds. The Labute approximate surface area is 163 Å². The Bertz CT molecular complexity index is 712. The van der Waals surface area contributed by atoms with Crippen LogP contribution in [0.25, 0.3) is 0 Å². The second-order valence-electron chi connectivity index (χ2n) is 8.67. The molecule has 1 aromatic carbocycles. The van der Waals surface area contributed by atoms with Crippen LogP contribution in [-0.2, 0) is 0 Å². The maximum Gasteiger partial charge on any atom is 0.417 e. The van der Waals surface area contributed by atoms with Crippen LogP contribution in [0.3, 0.4) is 0 Å². The van der Waals surface area contributed by atoms with E-state index in [1.165, 1.54) is 16.0 Å². The molecule has 28 heavy (non-hydrogen) atoms. The monoisotopic (exact) mass is 396 g/mol. The highest BCUT2D eigenvalue weighted by Crippen LogP contribution is 2.44. The number of carbonyl (C=O) groups excluding carboxylic acids is 1. The van der Waals surface area contributed by atoms with Gasteiger partial charge in [0, 0.05) is 38.0 Å². The summed E-state index contributed by atoms with van der Waals surface area (Å²) in [7, 11) is 0. The molecule has 2 bridgehead atoms. The van der Waals surface area contributed by atoms with Crippen LogP contribution in [0.1, 0.15) is 55.6 Å². The second-order valence-corrected chi connectivity index (χ2v) is 8.67. The SMILES string of the molecule is Cc1ccc(C2C[C@H]3CC[C@@H](C2)N3C(=O)N2CCC(O)(C(F)(F)F)CC2)cc1. The van der Waals surface area contributed by atoms with Gasteiger partial charge < -0.3 is 14.9 Å². The number of piperidine rings is 2. The fraction of sp³-hybridized carbons (Fsp3) is 0.667. The third kappa shape index (κ3) is 3.38. The van der Waals surface area contributed by atoms with Crippen molar-refractivity contribution < 1.29 is 23.1 Å². The predicted octanol–water partition coefficient (Wildman–Crippen LogP) is 4.21. The van der Waals surface area contributed by atoms with Gasteiger partial charge in [-0.05, 0) is 44.1 Å². The number of halogens is 3. The minimum absolute atomic E-state index is 0.0494. The van der Waals surface area contributed by atoms with Gasteiger partial charge in [-0.25, -0.2) is 4.79 Å². The highest BCUT2D eigenvalue weighted by atomic mass is 19.4. The molecule has 4 nitrogen and oxygen atoms in total. The molecule has 3 fully saturated rings. The van der Waals surface area contributed by atoms with Crippen molar-refractivity contribution in [3.63, 3.8) is 0 Å². The van der Waals surface area contributed by atoms with Crippen molar-refractivity contribution in [2.75, 3.05) is 13.1 Å². The summed E-state index contributed by atoms with van der Waals surface area (Å²) >= 11 is 0. The maximum absolute atomic E-state index is 13.1. The molecule has 3 saturated heterocycles. The topological polar surface area (TPSA) is 43.8 Å². The van der Waals surface area contributed by atoms with Crippen LogP contribution in [0, 0.1) is 6.92 Å². The van der Waals surface area contributed by atoms with E-state index in [0.717, 1.165) is 25.7 Å². The van der Waals surface area contributed by atoms with E-state index in [1.807, 2.05) is 4.90 Å². The number of benzene rings is 1. The van der Waals surface area contributed by atoms with Gasteiger partial charge in [-0.15, -0.1) is 0 Å². The highest BCUT2D eigenvalue weighted by molar-refractivity contribution is 5.76. The summed E-state index contributed by atoms with van der Waals surface area (Å²) in [6, 6.07) is 8.72. The number of alkyl halides is 3. The molecule has 0 radical (unpaired) electrons. The Hall–Kier alpha value is -1.76. The molecule has 154 valence electrons. The van der Waals surface area contributed by atoms with E-state index in [2.05, 4.69) is 31.2 Å². The van der Waals surface area contributed by atoms with Gasteiger partial charge in [0.05, 0.1) is 0 Å². The maximum atomic E-state index is 13.1. The zero-order valence-corrected chi connectivity index (χ0v) is 16.1. The summed E-state index contributed by atoms with van der Waals surface area (Å²) in [5.41, 5.74) is -0.132. The lowest BCUT2D eigenvalue weighted by atomic mass is 9.85. The Balaban J connectivity index is 1.41. The van der Waals surface area contributed by atoms with Crippen molar-refractivity contribution in [3.05, 3.63) is 35.4 Å². The number of aryl methyl sites for hydroxylation is 1. The summed E-state index contributed by atoms with van der Waals surface area (Å²) in [6.07, 6.45) is -1.81. The number of nitrogens with zero attached hydrogens (tertiary/aromatic N) is 2. The number of fused-ring (bicyclic) bond motifs is 2. The van der Waals surface area contributed by atoms with Gasteiger partial charge in [0.25, 0.3) is 0 Å². The minimum atomic E-state index is -4.65. The molecule has 1 aromatic rings. The number of hydrogen-bond acceptors (Lipinski definition) is 2. The van der Waals surface area contributed by atoms with Crippen LogP contribution in [0.2, 0.25) is 0 Å². The normalized spacial score (nSPS) is 29.8. The molecule has 3 atom stereocenters. The number of hydrogen-bond donors (Lipinski definition) is 1. The molecule has 1 N–H and O–H groups in total. The van der Waals surface area contributed by atoms with Crippen molar-refractivity contribution >= 4 is 6.03 Å². The molecule has 3 aliphatic rings. The average Bonchev–Trinajstić information content (AvgIpc) is 2.91. The van der Waals surface area contributed by atoms with Gasteiger partial charge in [-0.2, -0.15) is 13.2 Å². The summed E-state index contributed by atoms with van der Waals surface area (Å²) in [5, 5.41) is 9.84. The zero-order chi connectivity index (χ0) is 20.1. The molecular weight excluding hydrogens is 369 g/mol. The average molecular weight is 396 g/mol. The quantitative estimate of drug-likeness (QED) is 0.773. The van der Waals surface area contributed by atoms with Crippen LogP contribution >= 0.6 is 0 Å². The van der Waals surface area contributed by atoms with Gasteiger partial charge in [0.2, 0.25) is 0 Å². The molecule has 4 rings (SSSR count). The van der Waals surface area contributed by atoms with Crippen LogP contribution in [0.4, 0.5) is 18.0 Å². The Morgan fingerprint density at radius 1 is 1.07 bits per heavy atom. The molecule has 0 saturated carbocycles. The fourth-order valence-electron chi connectivity index (χ4n) is 5.11. The lowest BCUT2D eigenvalue weighted by Crippen LogP contribution is -2.58. The van der Waals surface area contributed by atoms with Crippen LogP contribution in [0.15, 0.2) is 24.3 Å². The number of aliphatic hydroxyl groups is 1. The predicted molar refractivity (Wildman–Crippen MR) is 99.0 cm³/mol. The van der Waals surface area contributed by atoms with Gasteiger partial charge in [-0.3, -0.25) is 0 Å². The first-order valence-corrected chi connectivity index (χ1v) is 10.1. The molecule has 0 aliphatic carbocycles. The molecule has 3 heterocycles. The molecular formula is C21H27F3N2O2. The van der Waals surface area contributed by atoms with E-state index in [0.29, 0.717) is 5.92 Å². The lowest BCUT2D eigenvalue weighted by molar-refractivity contribution is -0.271. The highest BCUT2D eigenvalue weighted by Gasteiger charge is 2.55. The van der Waals surface area contributed by atoms with Crippen molar-refractivity contribution in [2.45, 2.75) is 75.2 Å². The van der Waals surface area contributed by atoms with Gasteiger partial charge in [0.15, 0.2) is 5.60 Å². The van der Waals surface area contributed by atoms with E-state index >= 15 is 0 Å². The van der Waals surface area contributed by atoms with Crippen molar-refractivity contribution in [2.24, 2.45) is 0 Å². The Morgan fingerprint density at radius 2 is 1.61 bits per heavy atom. The zero-order valence-electron chi connectivity index (χ0n) is 16.1. The lowest BCUT2D eigenvalue weighted by Gasteiger charge is -2.44. The minimum Gasteiger partial charge on any atom is -0.380 e. The summed E-state index contributed by atoms with van der Waals surface area (Å²) in [5.74, 6) is 0.429. The smallest absolute Gasteiger partial charge is 0.380 e. The first kappa shape index (κ1) is 19.6. The van der Waals surface area contributed by atoms with Crippen molar-refractivity contribution in [3.8, 4) is 0 Å². The Kier molecular flexibility index (Phi) is 4.84. The summed E-state index contributed by atoms with van der Waals surface area (Å²) in [4.78, 5) is 16.5. The standard InChI is InChI=1S/C21H27F3N2O2/c1-14-2-4-15(5-3-14)16-12-17-6-7-18(13-16)26(17)19(27)25-10-8-20(28,9-11-25)21(22,23)24/h2-5,16-18,28H,6-13H2,1H3/t16?,17-,18+. The van der Waals surface area contributed by atoms with Gasteiger partial charge in [0.1, 0.15) is 0 Å². The number of likely N-dealkylation sites (tertiary alicyclic amines) is 1. The van der Waals surface area contributed by atoms with E-state index in [9.17, 15) is 23.1 Å². The van der Waals surface area contributed by atoms with Crippen molar-refractivity contribution in [1.82, 2.24) is 9.80 Å². The first-order chi connectivity index (χ1) is 13.2. The molecule has 0 spiro atoms. The van der Waals surface area contributed by atoms with E-state index < -0.39 is 24.6 Å². The molecule has 1 unspecified atom stereocenters. The van der Waals surface area contributed by atoms with Gasteiger partial charge in [-0.1, -0.05) is 29.8 Å². The summed E-state index contributed by atoms with van der Waals surface area (Å²) in [6.45, 7) is 1.96. The second kappa shape index (κ2) is 6.94. The summed E-state index contributed by atoms with van der Waals surface area (Å²) < 4.78 is 39.0. The largest absolute Gasteiger partial charge is 0.417 e. The third-order valence-electron chi connectivity index (χ3n) is 6.89. The molecule has 0 aromatic heterocycles. The number of amides is 2. The number of urea groups is 1. The first-order valence-electron chi connectivity index (χ1n) is 10.1. The molecule has 7 heteroatoms. The van der Waals surface area contributed by atoms with Crippen LogP contribution < -0.4 is 0 Å².